The van der Waals surface area contributed by atoms with Crippen molar-refractivity contribution >= 4 is 21.6 Å². The molecule has 0 bridgehead atoms. The van der Waals surface area contributed by atoms with Crippen molar-refractivity contribution in [2.75, 3.05) is 6.54 Å². The third-order valence-electron chi connectivity index (χ3n) is 4.90. The van der Waals surface area contributed by atoms with Crippen LogP contribution in [-0.4, -0.2) is 17.1 Å². The lowest BCUT2D eigenvalue weighted by atomic mass is 10.0. The second kappa shape index (κ2) is 8.16. The molecule has 0 unspecified atom stereocenters. The van der Waals surface area contributed by atoms with Gasteiger partial charge < -0.3 is 16.2 Å². The number of rotatable bonds is 8. The molecule has 1 fully saturated rings. The maximum absolute atomic E-state index is 5.92. The number of aromatic nitrogens is 1. The average Bonchev–Trinajstić information content (AvgIpc) is 3.30. The first kappa shape index (κ1) is 18.8. The van der Waals surface area contributed by atoms with Gasteiger partial charge in [0.15, 0.2) is 0 Å². The summed E-state index contributed by atoms with van der Waals surface area (Å²) < 4.78 is 7.08. The highest BCUT2D eigenvalue weighted by molar-refractivity contribution is 7.20. The van der Waals surface area contributed by atoms with Crippen LogP contribution in [-0.2, 0) is 6.42 Å². The maximum Gasteiger partial charge on any atom is 0.279 e. The summed E-state index contributed by atoms with van der Waals surface area (Å²) >= 11 is 1.58. The van der Waals surface area contributed by atoms with Gasteiger partial charge in [0.2, 0.25) is 0 Å². The van der Waals surface area contributed by atoms with Crippen LogP contribution < -0.4 is 16.2 Å². The van der Waals surface area contributed by atoms with E-state index in [0.29, 0.717) is 10.7 Å². The third kappa shape index (κ3) is 4.41. The molecular formula is C21H27N3OS. The Labute approximate surface area is 159 Å². The molecule has 4 rings (SSSR count). The highest BCUT2D eigenvalue weighted by Crippen LogP contribution is 2.39. The Bertz CT molecular complexity index is 807. The molecule has 1 aliphatic carbocycles. The van der Waals surface area contributed by atoms with Crippen molar-refractivity contribution in [2.24, 2.45) is 0 Å². The van der Waals surface area contributed by atoms with Crippen LogP contribution in [0.1, 0.15) is 38.2 Å². The Morgan fingerprint density at radius 2 is 1.88 bits per heavy atom. The van der Waals surface area contributed by atoms with Gasteiger partial charge in [-0.3, -0.25) is 0 Å². The van der Waals surface area contributed by atoms with Crippen molar-refractivity contribution in [3.63, 3.8) is 0 Å². The van der Waals surface area contributed by atoms with Crippen LogP contribution >= 0.6 is 11.3 Å². The van der Waals surface area contributed by atoms with Crippen molar-refractivity contribution in [2.45, 2.75) is 44.6 Å². The van der Waals surface area contributed by atoms with Gasteiger partial charge in [-0.2, -0.15) is 0 Å². The number of thiazole rings is 1. The molecule has 26 heavy (non-hydrogen) atoms. The van der Waals surface area contributed by atoms with Gasteiger partial charge in [0.05, 0.1) is 10.2 Å². The quantitative estimate of drug-likeness (QED) is 0.533. The number of benzene rings is 2. The third-order valence-corrected chi connectivity index (χ3v) is 5.81. The summed E-state index contributed by atoms with van der Waals surface area (Å²) in [5.41, 5.74) is 2.79. The second-order valence-electron chi connectivity index (χ2n) is 6.90. The van der Waals surface area contributed by atoms with Crippen LogP contribution in [0.3, 0.4) is 0 Å². The predicted octanol–water partition coefficient (Wildman–Crippen LogP) is 5.72. The van der Waals surface area contributed by atoms with Gasteiger partial charge in [-0.1, -0.05) is 42.5 Å². The Morgan fingerprint density at radius 1 is 1.12 bits per heavy atom. The summed E-state index contributed by atoms with van der Waals surface area (Å²) in [5, 5.41) is 4.42. The fraction of sp³-hybridized carbons (Fsp3) is 0.381. The number of hydrogen-bond acceptors (Lipinski definition) is 5. The van der Waals surface area contributed by atoms with Gasteiger partial charge in [-0.05, 0) is 68.5 Å². The first-order chi connectivity index (χ1) is 12.3. The Hall–Kier alpha value is -1.95. The number of nitrogens with zero attached hydrogens (tertiary/aromatic N) is 1. The first-order valence-electron chi connectivity index (χ1n) is 9.14. The molecule has 3 aromatic rings. The fourth-order valence-electron chi connectivity index (χ4n) is 3.16. The molecule has 1 aromatic heterocycles. The molecule has 0 radical (unpaired) electrons. The number of aryl methyl sites for hydroxylation is 1. The molecule has 0 atom stereocenters. The molecule has 4 nitrogen and oxygen atoms in total. The van der Waals surface area contributed by atoms with Gasteiger partial charge in [0, 0.05) is 5.54 Å². The van der Waals surface area contributed by atoms with E-state index in [2.05, 4.69) is 47.6 Å². The molecule has 0 amide bonds. The van der Waals surface area contributed by atoms with Gasteiger partial charge in [-0.15, -0.1) is 0 Å². The number of nitrogens with one attached hydrogen (secondary N) is 1. The molecule has 1 saturated carbocycles. The summed E-state index contributed by atoms with van der Waals surface area (Å²) in [4.78, 5) is 4.52. The van der Waals surface area contributed by atoms with E-state index < -0.39 is 0 Å². The van der Waals surface area contributed by atoms with E-state index in [9.17, 15) is 0 Å². The smallest absolute Gasteiger partial charge is 0.279 e. The van der Waals surface area contributed by atoms with Crippen molar-refractivity contribution < 1.29 is 4.74 Å². The van der Waals surface area contributed by atoms with E-state index in [0.717, 1.165) is 28.9 Å². The van der Waals surface area contributed by atoms with Crippen LogP contribution in [0.25, 0.3) is 10.2 Å². The SMILES string of the molecule is CCCNC1(CCc2ccc(Oc3nc4ccccc4s3)cc2)CC1.N. The average molecular weight is 370 g/mol. The molecular weight excluding hydrogens is 342 g/mol. The monoisotopic (exact) mass is 369 g/mol. The van der Waals surface area contributed by atoms with Crippen LogP contribution in [0, 0.1) is 0 Å². The molecule has 1 aliphatic rings. The topological polar surface area (TPSA) is 69.2 Å². The van der Waals surface area contributed by atoms with E-state index in [1.165, 1.54) is 31.2 Å². The zero-order valence-corrected chi connectivity index (χ0v) is 16.1. The van der Waals surface area contributed by atoms with Gasteiger partial charge in [-0.25, -0.2) is 4.98 Å². The van der Waals surface area contributed by atoms with E-state index in [1.54, 1.807) is 11.3 Å². The predicted molar refractivity (Wildman–Crippen MR) is 110 cm³/mol. The summed E-state index contributed by atoms with van der Waals surface area (Å²) in [7, 11) is 0. The number of ether oxygens (including phenoxy) is 1. The van der Waals surface area contributed by atoms with Crippen LogP contribution in [0.5, 0.6) is 10.9 Å². The zero-order chi connectivity index (χ0) is 17.1. The Balaban J connectivity index is 0.00000196. The van der Waals surface area contributed by atoms with Crippen LogP contribution in [0.4, 0.5) is 0 Å². The van der Waals surface area contributed by atoms with Crippen LogP contribution in [0.2, 0.25) is 0 Å². The van der Waals surface area contributed by atoms with E-state index >= 15 is 0 Å². The van der Waals surface area contributed by atoms with E-state index in [4.69, 9.17) is 4.74 Å². The van der Waals surface area contributed by atoms with Crippen molar-refractivity contribution in [3.05, 3.63) is 54.1 Å². The number of fused-ring (bicyclic) bond motifs is 1. The highest BCUT2D eigenvalue weighted by Gasteiger charge is 2.40. The molecule has 1 heterocycles. The van der Waals surface area contributed by atoms with Gasteiger partial charge in [0.25, 0.3) is 5.19 Å². The number of para-hydroxylation sites is 1. The Morgan fingerprint density at radius 3 is 2.58 bits per heavy atom. The second-order valence-corrected chi connectivity index (χ2v) is 7.89. The standard InChI is InChI=1S/C21H24N2OS.H3N/c1-2-15-22-21(13-14-21)12-11-16-7-9-17(10-8-16)24-20-23-18-5-3-4-6-19(18)25-20;/h3-10,22H,2,11-15H2,1H3;1H3. The van der Waals surface area contributed by atoms with Crippen molar-refractivity contribution in [1.82, 2.24) is 16.5 Å². The van der Waals surface area contributed by atoms with Gasteiger partial charge in [0.1, 0.15) is 5.75 Å². The zero-order valence-electron chi connectivity index (χ0n) is 15.3. The summed E-state index contributed by atoms with van der Waals surface area (Å²) in [5.74, 6) is 0.855. The molecule has 0 spiro atoms. The molecule has 138 valence electrons. The molecule has 0 aliphatic heterocycles. The Kier molecular flexibility index (Phi) is 5.91. The normalized spacial score (nSPS) is 14.8. The van der Waals surface area contributed by atoms with Crippen molar-refractivity contribution in [1.29, 1.82) is 0 Å². The first-order valence-corrected chi connectivity index (χ1v) is 9.95. The fourth-order valence-corrected chi connectivity index (χ4v) is 3.99. The van der Waals surface area contributed by atoms with Crippen molar-refractivity contribution in [3.8, 4) is 10.9 Å². The largest absolute Gasteiger partial charge is 0.431 e. The summed E-state index contributed by atoms with van der Waals surface area (Å²) in [6, 6.07) is 16.6. The minimum atomic E-state index is 0. The van der Waals surface area contributed by atoms with E-state index in [1.807, 2.05) is 18.2 Å². The lowest BCUT2D eigenvalue weighted by molar-refractivity contribution is 0.464. The lowest BCUT2D eigenvalue weighted by Crippen LogP contribution is -2.32. The summed E-state index contributed by atoms with van der Waals surface area (Å²) in [6.45, 7) is 3.36. The molecule has 2 aromatic carbocycles. The van der Waals surface area contributed by atoms with Gasteiger partial charge >= 0.3 is 0 Å². The number of hydrogen-bond donors (Lipinski definition) is 2. The lowest BCUT2D eigenvalue weighted by Gasteiger charge is -2.16. The highest BCUT2D eigenvalue weighted by atomic mass is 32.1. The molecule has 0 saturated heterocycles. The maximum atomic E-state index is 5.92. The van der Waals surface area contributed by atoms with Crippen LogP contribution in [0.15, 0.2) is 48.5 Å². The molecule has 4 N–H and O–H groups in total. The minimum Gasteiger partial charge on any atom is -0.431 e. The minimum absolute atomic E-state index is 0. The van der Waals surface area contributed by atoms with E-state index in [-0.39, 0.29) is 6.15 Å². The molecule has 5 heteroatoms. The summed E-state index contributed by atoms with van der Waals surface area (Å²) in [6.07, 6.45) is 6.21.